The highest BCUT2D eigenvalue weighted by Crippen LogP contribution is 2.42. The Balaban J connectivity index is 2.05. The summed E-state index contributed by atoms with van der Waals surface area (Å²) in [6.07, 6.45) is 4.14. The Kier molecular flexibility index (Phi) is 4.70. The summed E-state index contributed by atoms with van der Waals surface area (Å²) < 4.78 is 44.0. The van der Waals surface area contributed by atoms with Gasteiger partial charge in [-0.15, -0.1) is 0 Å². The van der Waals surface area contributed by atoms with E-state index in [-0.39, 0.29) is 34.2 Å². The molecule has 0 aliphatic heterocycles. The van der Waals surface area contributed by atoms with E-state index in [1.165, 1.54) is 25.4 Å². The molecule has 1 fully saturated rings. The molecule has 0 atom stereocenters. The summed E-state index contributed by atoms with van der Waals surface area (Å²) in [6, 6.07) is 2.67. The van der Waals surface area contributed by atoms with Crippen LogP contribution in [0.3, 0.4) is 0 Å². The van der Waals surface area contributed by atoms with Gasteiger partial charge in [-0.25, -0.2) is 17.1 Å². The number of ketones is 1. The minimum Gasteiger partial charge on any atom is -0.360 e. The molecule has 1 aliphatic rings. The quantitative estimate of drug-likeness (QED) is 0.713. The number of rotatable bonds is 6. The van der Waals surface area contributed by atoms with Crippen molar-refractivity contribution in [3.8, 4) is 0 Å². The van der Waals surface area contributed by atoms with E-state index in [2.05, 4.69) is 5.16 Å². The second kappa shape index (κ2) is 6.51. The molecule has 0 N–H and O–H groups in total. The van der Waals surface area contributed by atoms with E-state index in [0.717, 1.165) is 23.4 Å². The van der Waals surface area contributed by atoms with E-state index in [1.54, 1.807) is 0 Å². The summed E-state index contributed by atoms with van der Waals surface area (Å²) in [7, 11) is -2.25. The Morgan fingerprint density at radius 1 is 1.40 bits per heavy atom. The SMILES string of the molecule is CN(Cc1c(C(=O)c2cnoc2C2CC2)ccc(Cl)c1F)S(C)(=O)=O. The van der Waals surface area contributed by atoms with Crippen molar-refractivity contribution >= 4 is 27.4 Å². The van der Waals surface area contributed by atoms with Crippen LogP contribution in [0.2, 0.25) is 5.02 Å². The molecule has 0 radical (unpaired) electrons. The highest BCUT2D eigenvalue weighted by Gasteiger charge is 2.33. The van der Waals surface area contributed by atoms with Crippen LogP contribution in [0, 0.1) is 5.82 Å². The van der Waals surface area contributed by atoms with Crippen LogP contribution in [0.25, 0.3) is 0 Å². The first-order valence-corrected chi connectivity index (χ1v) is 9.80. The van der Waals surface area contributed by atoms with Crippen molar-refractivity contribution in [2.45, 2.75) is 25.3 Å². The predicted molar refractivity (Wildman–Crippen MR) is 89.6 cm³/mol. The molecule has 1 aliphatic carbocycles. The lowest BCUT2D eigenvalue weighted by atomic mass is 9.97. The Hall–Kier alpha value is -1.77. The first-order chi connectivity index (χ1) is 11.7. The summed E-state index contributed by atoms with van der Waals surface area (Å²) >= 11 is 5.82. The van der Waals surface area contributed by atoms with Gasteiger partial charge in [0.1, 0.15) is 5.82 Å². The predicted octanol–water partition coefficient (Wildman–Crippen LogP) is 2.97. The monoisotopic (exact) mass is 386 g/mol. The van der Waals surface area contributed by atoms with Crippen LogP contribution in [0.5, 0.6) is 0 Å². The number of carbonyl (C=O) groups excluding carboxylic acids is 1. The smallest absolute Gasteiger partial charge is 0.211 e. The van der Waals surface area contributed by atoms with Crippen LogP contribution < -0.4 is 0 Å². The lowest BCUT2D eigenvalue weighted by Crippen LogP contribution is -2.26. The Labute approximate surface area is 149 Å². The first kappa shape index (κ1) is 18.0. The maximum Gasteiger partial charge on any atom is 0.211 e. The molecule has 1 heterocycles. The van der Waals surface area contributed by atoms with Gasteiger partial charge in [-0.2, -0.15) is 0 Å². The second-order valence-corrected chi connectivity index (χ2v) is 8.61. The number of aromatic nitrogens is 1. The van der Waals surface area contributed by atoms with E-state index in [1.807, 2.05) is 0 Å². The third-order valence-electron chi connectivity index (χ3n) is 4.18. The fraction of sp³-hybridized carbons (Fsp3) is 0.375. The fourth-order valence-electron chi connectivity index (χ4n) is 2.50. The zero-order valence-electron chi connectivity index (χ0n) is 13.6. The third-order valence-corrected chi connectivity index (χ3v) is 5.73. The van der Waals surface area contributed by atoms with Gasteiger partial charge in [0, 0.05) is 30.6 Å². The molecule has 0 amide bonds. The molecule has 1 aromatic carbocycles. The van der Waals surface area contributed by atoms with Gasteiger partial charge in [0.25, 0.3) is 0 Å². The standard InChI is InChI=1S/C16H16ClFN2O4S/c1-20(25(2,22)23)8-12-10(5-6-13(17)14(12)18)15(21)11-7-19-24-16(11)9-3-4-9/h5-7,9H,3-4,8H2,1-2H3. The first-order valence-electron chi connectivity index (χ1n) is 7.57. The number of hydrogen-bond acceptors (Lipinski definition) is 5. The van der Waals surface area contributed by atoms with E-state index < -0.39 is 21.6 Å². The van der Waals surface area contributed by atoms with E-state index in [9.17, 15) is 17.6 Å². The summed E-state index contributed by atoms with van der Waals surface area (Å²) in [6.45, 7) is -0.309. The summed E-state index contributed by atoms with van der Waals surface area (Å²) in [4.78, 5) is 12.9. The molecular weight excluding hydrogens is 371 g/mol. The Morgan fingerprint density at radius 3 is 2.68 bits per heavy atom. The van der Waals surface area contributed by atoms with E-state index in [4.69, 9.17) is 16.1 Å². The van der Waals surface area contributed by atoms with Crippen LogP contribution >= 0.6 is 11.6 Å². The number of sulfonamides is 1. The van der Waals surface area contributed by atoms with Crippen molar-refractivity contribution < 1.29 is 22.1 Å². The van der Waals surface area contributed by atoms with Crippen LogP contribution in [-0.2, 0) is 16.6 Å². The highest BCUT2D eigenvalue weighted by molar-refractivity contribution is 7.88. The van der Waals surface area contributed by atoms with Crippen LogP contribution in [0.15, 0.2) is 22.9 Å². The number of nitrogens with zero attached hydrogens (tertiary/aromatic N) is 2. The normalized spacial score (nSPS) is 14.9. The lowest BCUT2D eigenvalue weighted by Gasteiger charge is -2.17. The Morgan fingerprint density at radius 2 is 2.08 bits per heavy atom. The van der Waals surface area contributed by atoms with Gasteiger partial charge in [-0.1, -0.05) is 16.8 Å². The largest absolute Gasteiger partial charge is 0.360 e. The van der Waals surface area contributed by atoms with Crippen molar-refractivity contribution in [2.24, 2.45) is 0 Å². The summed E-state index contributed by atoms with van der Waals surface area (Å²) in [5.41, 5.74) is 0.239. The zero-order valence-corrected chi connectivity index (χ0v) is 15.2. The molecule has 2 aromatic rings. The van der Waals surface area contributed by atoms with Crippen molar-refractivity contribution in [2.75, 3.05) is 13.3 Å². The molecule has 9 heteroatoms. The number of benzene rings is 1. The van der Waals surface area contributed by atoms with E-state index >= 15 is 0 Å². The van der Waals surface area contributed by atoms with Crippen LogP contribution in [-0.4, -0.2) is 37.0 Å². The maximum absolute atomic E-state index is 14.5. The zero-order chi connectivity index (χ0) is 18.4. The van der Waals surface area contributed by atoms with Gasteiger partial charge >= 0.3 is 0 Å². The number of carbonyl (C=O) groups is 1. The van der Waals surface area contributed by atoms with Gasteiger partial charge in [0.05, 0.1) is 23.0 Å². The van der Waals surface area contributed by atoms with Crippen molar-refractivity contribution in [3.05, 3.63) is 51.6 Å². The minimum atomic E-state index is -3.56. The molecule has 0 saturated heterocycles. The lowest BCUT2D eigenvalue weighted by molar-refractivity contribution is 0.103. The molecule has 25 heavy (non-hydrogen) atoms. The van der Waals surface area contributed by atoms with Gasteiger partial charge in [0.15, 0.2) is 11.5 Å². The number of halogens is 2. The minimum absolute atomic E-state index is 0.0440. The van der Waals surface area contributed by atoms with Crippen molar-refractivity contribution in [1.82, 2.24) is 9.46 Å². The number of hydrogen-bond donors (Lipinski definition) is 0. The molecule has 3 rings (SSSR count). The molecule has 0 bridgehead atoms. The summed E-state index contributed by atoms with van der Waals surface area (Å²) in [5, 5.41) is 3.50. The molecule has 1 saturated carbocycles. The van der Waals surface area contributed by atoms with E-state index in [0.29, 0.717) is 5.76 Å². The molecule has 1 aromatic heterocycles. The van der Waals surface area contributed by atoms with Crippen molar-refractivity contribution in [3.63, 3.8) is 0 Å². The van der Waals surface area contributed by atoms with Gasteiger partial charge in [-0.3, -0.25) is 4.79 Å². The third kappa shape index (κ3) is 3.61. The average Bonchev–Trinajstić information content (AvgIpc) is 3.27. The molecular formula is C16H16ClFN2O4S. The van der Waals surface area contributed by atoms with Crippen LogP contribution in [0.4, 0.5) is 4.39 Å². The van der Waals surface area contributed by atoms with Gasteiger partial charge in [0.2, 0.25) is 10.0 Å². The molecule has 0 spiro atoms. The fourth-order valence-corrected chi connectivity index (χ4v) is 3.04. The molecule has 6 nitrogen and oxygen atoms in total. The Bertz CT molecular complexity index is 938. The average molecular weight is 387 g/mol. The molecule has 134 valence electrons. The topological polar surface area (TPSA) is 80.5 Å². The maximum atomic E-state index is 14.5. The van der Waals surface area contributed by atoms with Gasteiger partial charge < -0.3 is 4.52 Å². The van der Waals surface area contributed by atoms with Crippen LogP contribution in [0.1, 0.15) is 46.0 Å². The molecule has 0 unspecified atom stereocenters. The highest BCUT2D eigenvalue weighted by atomic mass is 35.5. The van der Waals surface area contributed by atoms with Gasteiger partial charge in [-0.05, 0) is 25.0 Å². The second-order valence-electron chi connectivity index (χ2n) is 6.11. The van der Waals surface area contributed by atoms with Crippen molar-refractivity contribution in [1.29, 1.82) is 0 Å². The summed E-state index contributed by atoms with van der Waals surface area (Å²) in [5.74, 6) is -0.633.